The second-order valence-corrected chi connectivity index (χ2v) is 8.63. The quantitative estimate of drug-likeness (QED) is 0.473. The summed E-state index contributed by atoms with van der Waals surface area (Å²) in [4.78, 5) is 12.6. The number of hydrogen-bond donors (Lipinski definition) is 0. The van der Waals surface area contributed by atoms with E-state index < -0.39 is 9.52 Å². The first-order valence-electron chi connectivity index (χ1n) is 6.05. The molecule has 19 heavy (non-hydrogen) atoms. The number of carbonyl (C=O) groups excluding carboxylic acids is 1. The molecule has 0 unspecified atom stereocenters. The van der Waals surface area contributed by atoms with Crippen LogP contribution in [0.5, 0.6) is 0 Å². The van der Waals surface area contributed by atoms with Crippen LogP contribution in [0.1, 0.15) is 31.1 Å². The number of carbonyl (C=O) groups is 1. The van der Waals surface area contributed by atoms with Gasteiger partial charge in [-0.2, -0.15) is 0 Å². The second-order valence-electron chi connectivity index (χ2n) is 5.76. The van der Waals surface area contributed by atoms with Crippen molar-refractivity contribution < 1.29 is 9.00 Å². The minimum Gasteiger partial charge on any atom is -0.287 e. The molecule has 102 valence electrons. The molecule has 0 aliphatic carbocycles. The van der Waals surface area contributed by atoms with Crippen molar-refractivity contribution in [3.05, 3.63) is 35.9 Å². The van der Waals surface area contributed by atoms with Crippen molar-refractivity contribution >= 4 is 20.2 Å². The average molecular weight is 276 g/mol. The van der Waals surface area contributed by atoms with Gasteiger partial charge in [0.05, 0.1) is 0 Å². The Morgan fingerprint density at radius 3 is 2.05 bits per heavy atom. The van der Waals surface area contributed by atoms with E-state index in [1.807, 2.05) is 26.8 Å². The van der Waals surface area contributed by atoms with Gasteiger partial charge < -0.3 is 0 Å². The summed E-state index contributed by atoms with van der Waals surface area (Å²) in [7, 11) is -2.39. The summed E-state index contributed by atoms with van der Waals surface area (Å²) in [5.74, 6) is 5.59. The molecule has 2 nitrogen and oxygen atoms in total. The normalized spacial score (nSPS) is 11.4. The molecule has 0 radical (unpaired) electrons. The smallest absolute Gasteiger partial charge is 0.209 e. The zero-order valence-corrected chi connectivity index (χ0v) is 12.9. The third kappa shape index (κ3) is 4.92. The zero-order valence-electron chi connectivity index (χ0n) is 12.1. The highest BCUT2D eigenvalue weighted by Crippen LogP contribution is 2.10. The highest BCUT2D eigenvalue weighted by Gasteiger charge is 2.16. The Balaban J connectivity index is 3.35. The molecule has 3 heteroatoms. The lowest BCUT2D eigenvalue weighted by molar-refractivity contribution is 0.106. The van der Waals surface area contributed by atoms with Crippen LogP contribution in [0.4, 0.5) is 0 Å². The van der Waals surface area contributed by atoms with E-state index in [4.69, 9.17) is 0 Å². The number of Topliss-reactive ketones (excluding diaryl/α,β-unsaturated/α-hetero) is 1. The fourth-order valence-corrected chi connectivity index (χ4v) is 2.23. The first-order valence-corrected chi connectivity index (χ1v) is 8.43. The number of benzene rings is 1. The number of rotatable bonds is 2. The van der Waals surface area contributed by atoms with Crippen molar-refractivity contribution in [3.63, 3.8) is 0 Å². The number of hydrogen-bond acceptors (Lipinski definition) is 2. The van der Waals surface area contributed by atoms with Gasteiger partial charge in [0.25, 0.3) is 0 Å². The van der Waals surface area contributed by atoms with E-state index in [9.17, 15) is 9.00 Å². The largest absolute Gasteiger partial charge is 0.287 e. The first kappa shape index (κ1) is 15.5. The maximum atomic E-state index is 12.4. The Kier molecular flexibility index (Phi) is 4.60. The summed E-state index contributed by atoms with van der Waals surface area (Å²) in [6, 6.07) is 8.84. The highest BCUT2D eigenvalue weighted by molar-refractivity contribution is 8.02. The molecule has 0 aliphatic rings. The molecular formula is C16H20O2S. The third-order valence-corrected chi connectivity index (χ3v) is 3.56. The van der Waals surface area contributed by atoms with Gasteiger partial charge in [-0.1, -0.05) is 42.2 Å². The van der Waals surface area contributed by atoms with E-state index >= 15 is 0 Å². The summed E-state index contributed by atoms with van der Waals surface area (Å²) >= 11 is 0. The van der Waals surface area contributed by atoms with Gasteiger partial charge in [0.2, 0.25) is 5.78 Å². The van der Waals surface area contributed by atoms with Gasteiger partial charge in [0.1, 0.15) is 4.86 Å². The highest BCUT2D eigenvalue weighted by atomic mass is 32.2. The zero-order chi connectivity index (χ0) is 14.7. The lowest BCUT2D eigenvalue weighted by Crippen LogP contribution is -2.21. The Bertz CT molecular complexity index is 635. The molecule has 0 atom stereocenters. The van der Waals surface area contributed by atoms with Crippen LogP contribution in [0, 0.1) is 17.3 Å². The van der Waals surface area contributed by atoms with Gasteiger partial charge in [0.15, 0.2) is 0 Å². The standard InChI is InChI=1S/C16H20O2S/c1-16(2,3)12-11-14(19(4,5)18)15(17)13-9-7-6-8-10-13/h6-10H,1-5H3. The number of ketones is 1. The molecule has 0 fully saturated rings. The fourth-order valence-electron chi connectivity index (χ4n) is 1.37. The Labute approximate surface area is 116 Å². The maximum Gasteiger partial charge on any atom is 0.209 e. The molecule has 1 aromatic carbocycles. The van der Waals surface area contributed by atoms with E-state index in [-0.39, 0.29) is 16.1 Å². The van der Waals surface area contributed by atoms with E-state index in [1.54, 1.807) is 36.8 Å². The van der Waals surface area contributed by atoms with Crippen LogP contribution in [-0.4, -0.2) is 27.4 Å². The van der Waals surface area contributed by atoms with Crippen LogP contribution >= 0.6 is 0 Å². The van der Waals surface area contributed by atoms with Crippen LogP contribution in [0.2, 0.25) is 0 Å². The van der Waals surface area contributed by atoms with Crippen LogP contribution in [-0.2, 0) is 9.52 Å². The average Bonchev–Trinajstić information content (AvgIpc) is 2.26. The van der Waals surface area contributed by atoms with Crippen molar-refractivity contribution in [3.8, 4) is 11.8 Å². The van der Waals surface area contributed by atoms with Crippen LogP contribution in [0.3, 0.4) is 0 Å². The molecule has 1 aromatic rings. The summed E-state index contributed by atoms with van der Waals surface area (Å²) in [5.41, 5.74) is 0.296. The van der Waals surface area contributed by atoms with Gasteiger partial charge in [-0.3, -0.25) is 9.00 Å². The second kappa shape index (κ2) is 5.63. The maximum absolute atomic E-state index is 12.4. The predicted octanol–water partition coefficient (Wildman–Crippen LogP) is 2.64. The Hall–Kier alpha value is -1.53. The molecular weight excluding hydrogens is 256 g/mol. The van der Waals surface area contributed by atoms with Gasteiger partial charge in [-0.15, -0.1) is 0 Å². The van der Waals surface area contributed by atoms with Crippen molar-refractivity contribution in [1.29, 1.82) is 0 Å². The van der Waals surface area contributed by atoms with E-state index in [1.165, 1.54) is 0 Å². The molecule has 0 aliphatic heterocycles. The third-order valence-electron chi connectivity index (χ3n) is 2.28. The lowest BCUT2D eigenvalue weighted by Gasteiger charge is -2.09. The molecule has 0 N–H and O–H groups in total. The van der Waals surface area contributed by atoms with E-state index in [0.717, 1.165) is 0 Å². The van der Waals surface area contributed by atoms with E-state index in [2.05, 4.69) is 11.8 Å². The van der Waals surface area contributed by atoms with Crippen molar-refractivity contribution in [1.82, 2.24) is 0 Å². The lowest BCUT2D eigenvalue weighted by atomic mass is 9.97. The minimum atomic E-state index is -2.39. The van der Waals surface area contributed by atoms with Gasteiger partial charge in [-0.25, -0.2) is 0 Å². The Morgan fingerprint density at radius 2 is 1.63 bits per heavy atom. The monoisotopic (exact) mass is 276 g/mol. The summed E-state index contributed by atoms with van der Waals surface area (Å²) in [6.45, 7) is 5.87. The molecule has 0 bridgehead atoms. The van der Waals surface area contributed by atoms with E-state index in [0.29, 0.717) is 5.56 Å². The van der Waals surface area contributed by atoms with Crippen LogP contribution in [0.15, 0.2) is 30.3 Å². The molecule has 0 saturated carbocycles. The SMILES string of the molecule is CC(C)(C)C#CC(C(=O)c1ccccc1)=S(C)(C)=O. The summed E-state index contributed by atoms with van der Waals surface area (Å²) in [5, 5.41) is 0. The first-order chi connectivity index (χ1) is 8.61. The summed E-state index contributed by atoms with van der Waals surface area (Å²) < 4.78 is 12.3. The van der Waals surface area contributed by atoms with Gasteiger partial charge in [-0.05, 0) is 30.3 Å². The van der Waals surface area contributed by atoms with Crippen LogP contribution < -0.4 is 0 Å². The molecule has 0 heterocycles. The molecule has 0 aromatic heterocycles. The van der Waals surface area contributed by atoms with Crippen molar-refractivity contribution in [2.75, 3.05) is 12.5 Å². The molecule has 1 rings (SSSR count). The topological polar surface area (TPSA) is 34.1 Å². The molecule has 0 spiro atoms. The Morgan fingerprint density at radius 1 is 1.11 bits per heavy atom. The minimum absolute atomic E-state index is 0.202. The van der Waals surface area contributed by atoms with Gasteiger partial charge >= 0.3 is 0 Å². The van der Waals surface area contributed by atoms with Crippen molar-refractivity contribution in [2.45, 2.75) is 20.8 Å². The van der Waals surface area contributed by atoms with Crippen molar-refractivity contribution in [2.24, 2.45) is 5.41 Å². The summed E-state index contributed by atoms with van der Waals surface area (Å²) in [6.07, 6.45) is 3.11. The van der Waals surface area contributed by atoms with Crippen LogP contribution in [0.25, 0.3) is 0 Å². The molecule has 0 saturated heterocycles. The molecule has 0 amide bonds. The fraction of sp³-hybridized carbons (Fsp3) is 0.375. The predicted molar refractivity (Wildman–Crippen MR) is 83.0 cm³/mol. The van der Waals surface area contributed by atoms with Gasteiger partial charge in [0, 0.05) is 23.5 Å².